The Morgan fingerprint density at radius 2 is 2.15 bits per heavy atom. The number of rotatable bonds is 8. The lowest BCUT2D eigenvalue weighted by Gasteiger charge is -2.11. The van der Waals surface area contributed by atoms with E-state index < -0.39 is 5.91 Å². The van der Waals surface area contributed by atoms with Crippen LogP contribution in [0, 0.1) is 6.92 Å². The van der Waals surface area contributed by atoms with E-state index in [1.54, 1.807) is 11.7 Å². The number of nitrogens with one attached hydrogen (secondary N) is 1. The van der Waals surface area contributed by atoms with E-state index in [0.29, 0.717) is 22.5 Å². The molecule has 1 aliphatic rings. The van der Waals surface area contributed by atoms with Crippen molar-refractivity contribution in [3.63, 3.8) is 0 Å². The molecule has 3 N–H and O–H groups in total. The van der Waals surface area contributed by atoms with Gasteiger partial charge in [0, 0.05) is 5.92 Å². The minimum atomic E-state index is -0.456. The van der Waals surface area contributed by atoms with E-state index in [0.717, 1.165) is 24.2 Å². The molecule has 0 spiro atoms. The Morgan fingerprint density at radius 1 is 1.38 bits per heavy atom. The van der Waals surface area contributed by atoms with Gasteiger partial charge in [-0.25, -0.2) is 0 Å². The summed E-state index contributed by atoms with van der Waals surface area (Å²) in [5.74, 6) is 1.19. The topological polar surface area (TPSA) is 112 Å². The minimum absolute atomic E-state index is 0.0223. The van der Waals surface area contributed by atoms with Crippen molar-refractivity contribution in [2.75, 3.05) is 18.2 Å². The Balaban J connectivity index is 1.66. The van der Waals surface area contributed by atoms with Gasteiger partial charge < -0.3 is 15.8 Å². The van der Waals surface area contributed by atoms with Gasteiger partial charge in [-0.1, -0.05) is 17.8 Å². The van der Waals surface area contributed by atoms with E-state index >= 15 is 0 Å². The normalized spacial score (nSPS) is 13.5. The summed E-state index contributed by atoms with van der Waals surface area (Å²) in [5, 5.41) is 11.7. The van der Waals surface area contributed by atoms with Gasteiger partial charge in [0.05, 0.1) is 18.6 Å². The highest BCUT2D eigenvalue weighted by molar-refractivity contribution is 7.99. The average molecular weight is 375 g/mol. The molecule has 1 fully saturated rings. The molecule has 138 valence electrons. The lowest BCUT2D eigenvalue weighted by atomic mass is 10.2. The second kappa shape index (κ2) is 7.77. The molecular formula is C17H21N5O3S. The maximum absolute atomic E-state index is 12.3. The summed E-state index contributed by atoms with van der Waals surface area (Å²) in [4.78, 5) is 23.7. The van der Waals surface area contributed by atoms with Crippen LogP contribution in [0.1, 0.15) is 30.1 Å². The first kappa shape index (κ1) is 18.2. The van der Waals surface area contributed by atoms with Crippen molar-refractivity contribution in [1.29, 1.82) is 0 Å². The number of methoxy groups -OCH3 is 1. The Hall–Kier alpha value is -2.55. The summed E-state index contributed by atoms with van der Waals surface area (Å²) >= 11 is 1.23. The van der Waals surface area contributed by atoms with E-state index in [9.17, 15) is 9.59 Å². The van der Waals surface area contributed by atoms with Gasteiger partial charge >= 0.3 is 0 Å². The second-order valence-electron chi connectivity index (χ2n) is 6.21. The molecule has 0 atom stereocenters. The zero-order chi connectivity index (χ0) is 18.7. The van der Waals surface area contributed by atoms with Crippen molar-refractivity contribution >= 4 is 29.3 Å². The third-order valence-electron chi connectivity index (χ3n) is 3.96. The van der Waals surface area contributed by atoms with Gasteiger partial charge in [0.2, 0.25) is 11.8 Å². The summed E-state index contributed by atoms with van der Waals surface area (Å²) in [6.07, 6.45) is 2.07. The first-order valence-corrected chi connectivity index (χ1v) is 9.25. The van der Waals surface area contributed by atoms with Crippen molar-refractivity contribution < 1.29 is 14.3 Å². The third kappa shape index (κ3) is 4.34. The monoisotopic (exact) mass is 375 g/mol. The van der Waals surface area contributed by atoms with Crippen LogP contribution in [0.4, 0.5) is 5.69 Å². The number of ether oxygens (including phenoxy) is 1. The molecule has 1 aromatic carbocycles. The fraction of sp³-hybridized carbons (Fsp3) is 0.412. The molecule has 0 bridgehead atoms. The van der Waals surface area contributed by atoms with E-state index in [-0.39, 0.29) is 18.2 Å². The maximum atomic E-state index is 12.3. The average Bonchev–Trinajstić information content (AvgIpc) is 3.35. The van der Waals surface area contributed by atoms with Crippen molar-refractivity contribution in [2.24, 2.45) is 5.73 Å². The molecule has 0 radical (unpaired) electrons. The molecule has 3 rings (SSSR count). The number of hydrogen-bond acceptors (Lipinski definition) is 6. The van der Waals surface area contributed by atoms with Gasteiger partial charge in [-0.3, -0.25) is 14.2 Å². The maximum Gasteiger partial charge on any atom is 0.237 e. The Kier molecular flexibility index (Phi) is 5.46. The number of anilines is 1. The lowest BCUT2D eigenvalue weighted by Crippen LogP contribution is -2.21. The number of hydrogen-bond donors (Lipinski definition) is 2. The van der Waals surface area contributed by atoms with Crippen LogP contribution in [0.5, 0.6) is 5.75 Å². The van der Waals surface area contributed by atoms with Gasteiger partial charge in [-0.05, 0) is 37.5 Å². The van der Waals surface area contributed by atoms with Crippen molar-refractivity contribution in [3.05, 3.63) is 29.6 Å². The molecule has 1 heterocycles. The van der Waals surface area contributed by atoms with Crippen molar-refractivity contribution in [1.82, 2.24) is 14.8 Å². The van der Waals surface area contributed by atoms with Gasteiger partial charge in [0.15, 0.2) is 5.16 Å². The number of carbonyl (C=O) groups excluding carboxylic acids is 2. The molecular weight excluding hydrogens is 354 g/mol. The first-order chi connectivity index (χ1) is 12.5. The van der Waals surface area contributed by atoms with Gasteiger partial charge in [-0.2, -0.15) is 0 Å². The summed E-state index contributed by atoms with van der Waals surface area (Å²) < 4.78 is 6.98. The van der Waals surface area contributed by atoms with Crippen LogP contribution in [0.25, 0.3) is 0 Å². The molecule has 0 aliphatic heterocycles. The largest absolute Gasteiger partial charge is 0.495 e. The SMILES string of the molecule is COc1ccc(C)cc1NC(=O)CSc1nnc(C2CC2)n1CC(N)=O. The van der Waals surface area contributed by atoms with Gasteiger partial charge in [-0.15, -0.1) is 10.2 Å². The fourth-order valence-electron chi connectivity index (χ4n) is 2.59. The Bertz CT molecular complexity index is 832. The fourth-order valence-corrected chi connectivity index (χ4v) is 3.34. The van der Waals surface area contributed by atoms with Crippen LogP contribution < -0.4 is 15.8 Å². The summed E-state index contributed by atoms with van der Waals surface area (Å²) in [7, 11) is 1.56. The molecule has 9 heteroatoms. The van der Waals surface area contributed by atoms with Crippen LogP contribution in [0.15, 0.2) is 23.4 Å². The lowest BCUT2D eigenvalue weighted by molar-refractivity contribution is -0.118. The summed E-state index contributed by atoms with van der Waals surface area (Å²) in [6, 6.07) is 5.57. The van der Waals surface area contributed by atoms with E-state index in [2.05, 4.69) is 15.5 Å². The molecule has 26 heavy (non-hydrogen) atoms. The van der Waals surface area contributed by atoms with Crippen LogP contribution in [0.2, 0.25) is 0 Å². The number of nitrogens with two attached hydrogens (primary N) is 1. The number of aryl methyl sites for hydroxylation is 1. The van der Waals surface area contributed by atoms with E-state index in [1.807, 2.05) is 25.1 Å². The van der Waals surface area contributed by atoms with E-state index in [1.165, 1.54) is 11.8 Å². The molecule has 8 nitrogen and oxygen atoms in total. The number of carbonyl (C=O) groups is 2. The standard InChI is InChI=1S/C17H21N5O3S/c1-10-3-6-13(25-2)12(7-10)19-15(24)9-26-17-21-20-16(11-4-5-11)22(17)8-14(18)23/h3,6-7,11H,4-5,8-9H2,1-2H3,(H2,18,23)(H,19,24). The third-order valence-corrected chi connectivity index (χ3v) is 4.93. The second-order valence-corrected chi connectivity index (χ2v) is 7.15. The van der Waals surface area contributed by atoms with Crippen LogP contribution in [-0.2, 0) is 16.1 Å². The Labute approximate surface area is 155 Å². The molecule has 1 aromatic heterocycles. The number of benzene rings is 1. The molecule has 0 saturated heterocycles. The summed E-state index contributed by atoms with van der Waals surface area (Å²) in [6.45, 7) is 1.96. The predicted octanol–water partition coefficient (Wildman–Crippen LogP) is 1.69. The Morgan fingerprint density at radius 3 is 2.81 bits per heavy atom. The quantitative estimate of drug-likeness (QED) is 0.679. The van der Waals surface area contributed by atoms with Crippen molar-refractivity contribution in [2.45, 2.75) is 37.4 Å². The van der Waals surface area contributed by atoms with Crippen LogP contribution in [0.3, 0.4) is 0 Å². The highest BCUT2D eigenvalue weighted by Gasteiger charge is 2.31. The molecule has 2 amide bonds. The molecule has 1 aliphatic carbocycles. The minimum Gasteiger partial charge on any atom is -0.495 e. The number of nitrogens with zero attached hydrogens (tertiary/aromatic N) is 3. The predicted molar refractivity (Wildman–Crippen MR) is 98.3 cm³/mol. The number of thioether (sulfide) groups is 1. The zero-order valence-corrected chi connectivity index (χ0v) is 15.5. The van der Waals surface area contributed by atoms with E-state index in [4.69, 9.17) is 10.5 Å². The highest BCUT2D eigenvalue weighted by Crippen LogP contribution is 2.40. The molecule has 1 saturated carbocycles. The molecule has 2 aromatic rings. The smallest absolute Gasteiger partial charge is 0.237 e. The zero-order valence-electron chi connectivity index (χ0n) is 14.7. The number of amides is 2. The first-order valence-electron chi connectivity index (χ1n) is 8.26. The number of primary amides is 1. The van der Waals surface area contributed by atoms with Gasteiger partial charge in [0.1, 0.15) is 18.1 Å². The molecule has 0 unspecified atom stereocenters. The van der Waals surface area contributed by atoms with Gasteiger partial charge in [0.25, 0.3) is 0 Å². The summed E-state index contributed by atoms with van der Waals surface area (Å²) in [5.41, 5.74) is 6.97. The van der Waals surface area contributed by atoms with Crippen molar-refractivity contribution in [3.8, 4) is 5.75 Å². The van der Waals surface area contributed by atoms with Crippen LogP contribution >= 0.6 is 11.8 Å². The number of aromatic nitrogens is 3. The van der Waals surface area contributed by atoms with Crippen LogP contribution in [-0.4, -0.2) is 39.4 Å². The highest BCUT2D eigenvalue weighted by atomic mass is 32.2.